The van der Waals surface area contributed by atoms with Gasteiger partial charge < -0.3 is 8.82 Å². The number of hydrogen-bond acceptors (Lipinski definition) is 2. The van der Waals surface area contributed by atoms with Crippen molar-refractivity contribution in [2.45, 2.75) is 0 Å². The maximum Gasteiger partial charge on any atom is 0.143 e. The Morgan fingerprint density at radius 3 is 2.34 bits per heavy atom. The van der Waals surface area contributed by atoms with E-state index in [1.165, 1.54) is 16.5 Å². The molecule has 0 saturated heterocycles. The number of imidazole rings is 1. The Balaban J connectivity index is 1.32. The van der Waals surface area contributed by atoms with Gasteiger partial charge in [0.1, 0.15) is 16.8 Å². The van der Waals surface area contributed by atoms with Gasteiger partial charge in [0.2, 0.25) is 0 Å². The molecule has 0 atom stereocenters. The standard InChI is InChI=1S/C29H18N2O/c1-2-6-23-20(5-1)12-14-24-25-17-22(13-15-27(25)32-29(23)24)19-8-10-21(11-9-19)26-18-31-16-4-3-7-28(31)30-26/h1-18H. The van der Waals surface area contributed by atoms with Gasteiger partial charge in [-0.25, -0.2) is 4.98 Å². The minimum atomic E-state index is 0.918. The molecule has 3 nitrogen and oxygen atoms in total. The molecular weight excluding hydrogens is 392 g/mol. The second-order valence-electron chi connectivity index (χ2n) is 8.15. The average molecular weight is 410 g/mol. The molecule has 0 bridgehead atoms. The molecule has 32 heavy (non-hydrogen) atoms. The van der Waals surface area contributed by atoms with Crippen LogP contribution < -0.4 is 0 Å². The summed E-state index contributed by atoms with van der Waals surface area (Å²) in [5, 5.41) is 4.65. The molecule has 0 N–H and O–H groups in total. The predicted octanol–water partition coefficient (Wildman–Crippen LogP) is 7.72. The van der Waals surface area contributed by atoms with Gasteiger partial charge in [-0.15, -0.1) is 0 Å². The normalized spacial score (nSPS) is 11.8. The van der Waals surface area contributed by atoms with Gasteiger partial charge in [0.25, 0.3) is 0 Å². The molecule has 0 aliphatic heterocycles. The Labute approximate surface area is 184 Å². The lowest BCUT2D eigenvalue weighted by Gasteiger charge is -2.04. The van der Waals surface area contributed by atoms with E-state index < -0.39 is 0 Å². The highest BCUT2D eigenvalue weighted by Crippen LogP contribution is 2.36. The Bertz CT molecular complexity index is 1740. The number of benzene rings is 4. The first-order chi connectivity index (χ1) is 15.8. The number of fused-ring (bicyclic) bond motifs is 6. The summed E-state index contributed by atoms with van der Waals surface area (Å²) in [4.78, 5) is 4.73. The third-order valence-corrected chi connectivity index (χ3v) is 6.24. The first-order valence-corrected chi connectivity index (χ1v) is 10.7. The first-order valence-electron chi connectivity index (χ1n) is 10.7. The molecule has 0 radical (unpaired) electrons. The van der Waals surface area contributed by atoms with E-state index in [2.05, 4.69) is 85.1 Å². The summed E-state index contributed by atoms with van der Waals surface area (Å²) in [5.41, 5.74) is 7.27. The zero-order valence-electron chi connectivity index (χ0n) is 17.2. The smallest absolute Gasteiger partial charge is 0.143 e. The number of hydrogen-bond donors (Lipinski definition) is 0. The average Bonchev–Trinajstić information content (AvgIpc) is 3.45. The quantitative estimate of drug-likeness (QED) is 0.292. The topological polar surface area (TPSA) is 30.4 Å². The summed E-state index contributed by atoms with van der Waals surface area (Å²) >= 11 is 0. The number of nitrogens with zero attached hydrogens (tertiary/aromatic N) is 2. The van der Waals surface area contributed by atoms with Crippen LogP contribution in [0.3, 0.4) is 0 Å². The zero-order chi connectivity index (χ0) is 21.1. The minimum absolute atomic E-state index is 0.918. The zero-order valence-corrected chi connectivity index (χ0v) is 17.2. The van der Waals surface area contributed by atoms with Gasteiger partial charge in [-0.3, -0.25) is 0 Å². The van der Waals surface area contributed by atoms with E-state index in [0.29, 0.717) is 0 Å². The van der Waals surface area contributed by atoms with E-state index >= 15 is 0 Å². The molecule has 0 fully saturated rings. The van der Waals surface area contributed by atoms with E-state index in [9.17, 15) is 0 Å². The van der Waals surface area contributed by atoms with Crippen molar-refractivity contribution in [3.8, 4) is 22.4 Å². The summed E-state index contributed by atoms with van der Waals surface area (Å²) in [6.07, 6.45) is 4.09. The maximum absolute atomic E-state index is 6.25. The van der Waals surface area contributed by atoms with Crippen molar-refractivity contribution in [2.75, 3.05) is 0 Å². The van der Waals surface area contributed by atoms with Crippen LogP contribution in [-0.4, -0.2) is 9.38 Å². The van der Waals surface area contributed by atoms with Gasteiger partial charge >= 0.3 is 0 Å². The van der Waals surface area contributed by atoms with Crippen molar-refractivity contribution in [3.63, 3.8) is 0 Å². The molecule has 0 amide bonds. The van der Waals surface area contributed by atoms with Crippen molar-refractivity contribution >= 4 is 38.4 Å². The van der Waals surface area contributed by atoms with E-state index in [4.69, 9.17) is 9.40 Å². The van der Waals surface area contributed by atoms with Gasteiger partial charge in [0.15, 0.2) is 0 Å². The fourth-order valence-electron chi connectivity index (χ4n) is 4.59. The molecular formula is C29H18N2O. The minimum Gasteiger partial charge on any atom is -0.455 e. The Kier molecular flexibility index (Phi) is 3.55. The lowest BCUT2D eigenvalue weighted by Crippen LogP contribution is -1.80. The molecule has 0 unspecified atom stereocenters. The van der Waals surface area contributed by atoms with Crippen LogP contribution in [0.4, 0.5) is 0 Å². The second kappa shape index (κ2) is 6.56. The van der Waals surface area contributed by atoms with Crippen LogP contribution in [0.25, 0.3) is 60.7 Å². The number of aromatic nitrogens is 2. The van der Waals surface area contributed by atoms with Gasteiger partial charge in [-0.2, -0.15) is 0 Å². The second-order valence-corrected chi connectivity index (χ2v) is 8.15. The number of furan rings is 1. The molecule has 0 aliphatic rings. The Morgan fingerprint density at radius 1 is 0.625 bits per heavy atom. The van der Waals surface area contributed by atoms with Crippen molar-refractivity contribution in [1.82, 2.24) is 9.38 Å². The van der Waals surface area contributed by atoms with Crippen molar-refractivity contribution < 1.29 is 4.42 Å². The molecule has 0 spiro atoms. The summed E-state index contributed by atoms with van der Waals surface area (Å²) in [5.74, 6) is 0. The summed E-state index contributed by atoms with van der Waals surface area (Å²) in [7, 11) is 0. The lowest BCUT2D eigenvalue weighted by molar-refractivity contribution is 0.672. The largest absolute Gasteiger partial charge is 0.455 e. The highest BCUT2D eigenvalue weighted by atomic mass is 16.3. The fraction of sp³-hybridized carbons (Fsp3) is 0. The third-order valence-electron chi connectivity index (χ3n) is 6.24. The molecule has 7 rings (SSSR count). The van der Waals surface area contributed by atoms with Gasteiger partial charge in [-0.1, -0.05) is 66.7 Å². The van der Waals surface area contributed by atoms with Crippen molar-refractivity contribution in [3.05, 3.63) is 109 Å². The molecule has 4 aromatic carbocycles. The van der Waals surface area contributed by atoms with Crippen LogP contribution in [0, 0.1) is 0 Å². The summed E-state index contributed by atoms with van der Waals surface area (Å²) < 4.78 is 8.30. The van der Waals surface area contributed by atoms with Crippen LogP contribution >= 0.6 is 0 Å². The van der Waals surface area contributed by atoms with E-state index in [1.54, 1.807) is 0 Å². The molecule has 0 aliphatic carbocycles. The highest BCUT2D eigenvalue weighted by Gasteiger charge is 2.11. The van der Waals surface area contributed by atoms with Crippen LogP contribution in [0.1, 0.15) is 0 Å². The summed E-state index contributed by atoms with van der Waals surface area (Å²) in [6.45, 7) is 0. The summed E-state index contributed by atoms with van der Waals surface area (Å²) in [6, 6.07) is 33.8. The molecule has 150 valence electrons. The van der Waals surface area contributed by atoms with Crippen LogP contribution in [0.5, 0.6) is 0 Å². The molecule has 0 saturated carbocycles. The van der Waals surface area contributed by atoms with Crippen LogP contribution in [0.15, 0.2) is 114 Å². The first kappa shape index (κ1) is 17.3. The monoisotopic (exact) mass is 410 g/mol. The molecule has 3 heterocycles. The highest BCUT2D eigenvalue weighted by molar-refractivity contribution is 6.15. The Hall–Kier alpha value is -4.37. The fourth-order valence-corrected chi connectivity index (χ4v) is 4.59. The van der Waals surface area contributed by atoms with Gasteiger partial charge in [-0.05, 0) is 46.8 Å². The molecule has 3 heteroatoms. The molecule has 3 aromatic heterocycles. The van der Waals surface area contributed by atoms with Gasteiger partial charge in [0, 0.05) is 34.1 Å². The number of rotatable bonds is 2. The van der Waals surface area contributed by atoms with Gasteiger partial charge in [0.05, 0.1) is 5.69 Å². The van der Waals surface area contributed by atoms with Crippen LogP contribution in [0.2, 0.25) is 0 Å². The molecule has 7 aromatic rings. The maximum atomic E-state index is 6.25. The third kappa shape index (κ3) is 2.58. The van der Waals surface area contributed by atoms with Crippen molar-refractivity contribution in [1.29, 1.82) is 0 Å². The lowest BCUT2D eigenvalue weighted by atomic mass is 10.00. The SMILES string of the molecule is c1ccc2c(c1)ccc1c3cc(-c4ccc(-c5cn6ccccc6n5)cc4)ccc3oc21. The van der Waals surface area contributed by atoms with Crippen molar-refractivity contribution in [2.24, 2.45) is 0 Å². The van der Waals surface area contributed by atoms with Crippen LogP contribution in [-0.2, 0) is 0 Å². The number of pyridine rings is 1. The van der Waals surface area contributed by atoms with E-state index in [-0.39, 0.29) is 0 Å². The van der Waals surface area contributed by atoms with E-state index in [0.717, 1.165) is 44.2 Å². The van der Waals surface area contributed by atoms with E-state index in [1.807, 2.05) is 28.8 Å². The predicted molar refractivity (Wildman–Crippen MR) is 131 cm³/mol. The Morgan fingerprint density at radius 2 is 1.44 bits per heavy atom.